The molecular weight excluding hydrogens is 328 g/mol. The van der Waals surface area contributed by atoms with E-state index in [9.17, 15) is 4.79 Å². The Hall–Kier alpha value is -3.28. The number of nitrogens with zero attached hydrogens (tertiary/aromatic N) is 3. The zero-order valence-electron chi connectivity index (χ0n) is 15.4. The Morgan fingerprint density at radius 1 is 1.08 bits per heavy atom. The normalized spacial score (nSPS) is 11.5. The summed E-state index contributed by atoms with van der Waals surface area (Å²) in [6.07, 6.45) is 0. The van der Waals surface area contributed by atoms with Crippen molar-refractivity contribution in [1.29, 1.82) is 0 Å². The van der Waals surface area contributed by atoms with Crippen molar-refractivity contribution in [2.45, 2.75) is 13.8 Å². The number of para-hydroxylation sites is 1. The van der Waals surface area contributed by atoms with Gasteiger partial charge in [-0.15, -0.1) is 0 Å². The van der Waals surface area contributed by atoms with Gasteiger partial charge in [0.05, 0.1) is 17.1 Å². The Balaban J connectivity index is 1.94. The van der Waals surface area contributed by atoms with Crippen LogP contribution in [0.4, 0.5) is 11.4 Å². The molecule has 1 heterocycles. The molecule has 134 valence electrons. The fourth-order valence-electron chi connectivity index (χ4n) is 2.84. The quantitative estimate of drug-likeness (QED) is 0.565. The van der Waals surface area contributed by atoms with Gasteiger partial charge < -0.3 is 10.2 Å². The van der Waals surface area contributed by atoms with Crippen molar-refractivity contribution in [1.82, 2.24) is 9.36 Å². The number of rotatable bonds is 5. The average molecular weight is 350 g/mol. The highest BCUT2D eigenvalue weighted by atomic mass is 16.6. The van der Waals surface area contributed by atoms with Crippen molar-refractivity contribution in [3.8, 4) is 5.69 Å². The van der Waals surface area contributed by atoms with Crippen molar-refractivity contribution in [2.75, 3.05) is 12.4 Å². The van der Waals surface area contributed by atoms with E-state index in [1.807, 2.05) is 80.2 Å². The number of aromatic nitrogens is 2. The second kappa shape index (κ2) is 7.31. The van der Waals surface area contributed by atoms with Crippen molar-refractivity contribution in [3.05, 3.63) is 76.2 Å². The smallest absolute Gasteiger partial charge is 0.295 e. The Bertz CT molecular complexity index is 983. The Kier molecular flexibility index (Phi) is 4.93. The molecule has 0 saturated carbocycles. The minimum absolute atomic E-state index is 0.0857. The van der Waals surface area contributed by atoms with Crippen LogP contribution >= 0.6 is 0 Å². The van der Waals surface area contributed by atoms with Crippen molar-refractivity contribution < 1.29 is 4.84 Å². The van der Waals surface area contributed by atoms with Gasteiger partial charge in [0.15, 0.2) is 0 Å². The molecule has 0 aliphatic carbocycles. The molecule has 3 aromatic rings. The molecule has 0 aliphatic heterocycles. The lowest BCUT2D eigenvalue weighted by Crippen LogP contribution is -2.20. The van der Waals surface area contributed by atoms with Gasteiger partial charge in [0.1, 0.15) is 12.8 Å². The standard InChI is InChI=1S/C20H22N4O2/c1-14(22-26-4)16-10-12-17(13-11-16)21-19-15(2)23(3)24(20(19)25)18-8-6-5-7-9-18/h5-13,21H,1-4H3. The Morgan fingerprint density at radius 3 is 2.35 bits per heavy atom. The van der Waals surface area contributed by atoms with E-state index in [1.165, 1.54) is 7.11 Å². The van der Waals surface area contributed by atoms with E-state index in [0.717, 1.165) is 28.3 Å². The van der Waals surface area contributed by atoms with Gasteiger partial charge in [-0.25, -0.2) is 4.68 Å². The summed E-state index contributed by atoms with van der Waals surface area (Å²) in [5, 5.41) is 7.17. The van der Waals surface area contributed by atoms with E-state index in [2.05, 4.69) is 10.5 Å². The van der Waals surface area contributed by atoms with E-state index in [4.69, 9.17) is 4.84 Å². The highest BCUT2D eigenvalue weighted by molar-refractivity contribution is 5.98. The fourth-order valence-corrected chi connectivity index (χ4v) is 2.84. The lowest BCUT2D eigenvalue weighted by molar-refractivity contribution is 0.213. The predicted octanol–water partition coefficient (Wildman–Crippen LogP) is 3.60. The second-order valence-corrected chi connectivity index (χ2v) is 6.00. The molecule has 0 amide bonds. The molecule has 0 fully saturated rings. The Morgan fingerprint density at radius 2 is 1.73 bits per heavy atom. The number of oxime groups is 1. The molecule has 1 aromatic heterocycles. The van der Waals surface area contributed by atoms with Gasteiger partial charge in [0, 0.05) is 12.7 Å². The first-order valence-corrected chi connectivity index (χ1v) is 8.32. The molecule has 0 aliphatic rings. The molecule has 0 atom stereocenters. The predicted molar refractivity (Wildman–Crippen MR) is 105 cm³/mol. The summed E-state index contributed by atoms with van der Waals surface area (Å²) in [4.78, 5) is 17.7. The SMILES string of the molecule is CON=C(C)c1ccc(Nc2c(C)n(C)n(-c3ccccc3)c2=O)cc1. The summed E-state index contributed by atoms with van der Waals surface area (Å²) >= 11 is 0. The molecule has 0 bridgehead atoms. The first-order chi connectivity index (χ1) is 12.5. The summed E-state index contributed by atoms with van der Waals surface area (Å²) in [5.74, 6) is 0. The molecular formula is C20H22N4O2. The maximum Gasteiger partial charge on any atom is 0.295 e. The van der Waals surface area contributed by atoms with Crippen molar-refractivity contribution in [2.24, 2.45) is 12.2 Å². The van der Waals surface area contributed by atoms with Crippen LogP contribution in [0.25, 0.3) is 5.69 Å². The zero-order chi connectivity index (χ0) is 18.7. The van der Waals surface area contributed by atoms with Crippen LogP contribution < -0.4 is 10.9 Å². The molecule has 0 saturated heterocycles. The van der Waals surface area contributed by atoms with Gasteiger partial charge in [0.25, 0.3) is 5.56 Å². The minimum Gasteiger partial charge on any atom is -0.399 e. The molecule has 0 unspecified atom stereocenters. The molecule has 6 heteroatoms. The summed E-state index contributed by atoms with van der Waals surface area (Å²) in [6.45, 7) is 3.80. The topological polar surface area (TPSA) is 60.5 Å². The maximum absolute atomic E-state index is 12.9. The summed E-state index contributed by atoms with van der Waals surface area (Å²) in [7, 11) is 3.40. The van der Waals surface area contributed by atoms with Crippen LogP contribution in [0.1, 0.15) is 18.2 Å². The maximum atomic E-state index is 12.9. The van der Waals surface area contributed by atoms with Crippen molar-refractivity contribution >= 4 is 17.1 Å². The first kappa shape index (κ1) is 17.5. The molecule has 1 N–H and O–H groups in total. The van der Waals surface area contributed by atoms with Gasteiger partial charge in [-0.3, -0.25) is 9.48 Å². The summed E-state index contributed by atoms with van der Waals surface area (Å²) in [6, 6.07) is 17.3. The molecule has 6 nitrogen and oxygen atoms in total. The average Bonchev–Trinajstić information content (AvgIpc) is 2.86. The van der Waals surface area contributed by atoms with E-state index in [1.54, 1.807) is 4.68 Å². The molecule has 0 radical (unpaired) electrons. The van der Waals surface area contributed by atoms with E-state index >= 15 is 0 Å². The largest absolute Gasteiger partial charge is 0.399 e. The van der Waals surface area contributed by atoms with Crippen LogP contribution in [0.2, 0.25) is 0 Å². The third-order valence-corrected chi connectivity index (χ3v) is 4.35. The van der Waals surface area contributed by atoms with E-state index in [0.29, 0.717) is 5.69 Å². The molecule has 0 spiro atoms. The fraction of sp³-hybridized carbons (Fsp3) is 0.200. The zero-order valence-corrected chi connectivity index (χ0v) is 15.4. The van der Waals surface area contributed by atoms with Crippen molar-refractivity contribution in [3.63, 3.8) is 0 Å². The van der Waals surface area contributed by atoms with Crippen LogP contribution in [0.15, 0.2) is 64.5 Å². The van der Waals surface area contributed by atoms with Gasteiger partial charge in [-0.2, -0.15) is 0 Å². The number of nitrogens with one attached hydrogen (secondary N) is 1. The number of hydrogen-bond acceptors (Lipinski definition) is 4. The van der Waals surface area contributed by atoms with E-state index < -0.39 is 0 Å². The highest BCUT2D eigenvalue weighted by Gasteiger charge is 2.16. The van der Waals surface area contributed by atoms with Gasteiger partial charge in [0.2, 0.25) is 0 Å². The Labute approximate surface area is 152 Å². The van der Waals surface area contributed by atoms with Crippen LogP contribution in [0, 0.1) is 6.92 Å². The first-order valence-electron chi connectivity index (χ1n) is 8.32. The van der Waals surface area contributed by atoms with Gasteiger partial charge >= 0.3 is 0 Å². The molecule has 2 aromatic carbocycles. The van der Waals surface area contributed by atoms with Gasteiger partial charge in [-0.05, 0) is 43.7 Å². The monoisotopic (exact) mass is 350 g/mol. The third kappa shape index (κ3) is 3.26. The summed E-state index contributed by atoms with van der Waals surface area (Å²) < 4.78 is 3.51. The lowest BCUT2D eigenvalue weighted by Gasteiger charge is -2.07. The van der Waals surface area contributed by atoms with E-state index in [-0.39, 0.29) is 5.56 Å². The third-order valence-electron chi connectivity index (χ3n) is 4.35. The molecule has 3 rings (SSSR count). The number of benzene rings is 2. The summed E-state index contributed by atoms with van der Waals surface area (Å²) in [5.41, 5.74) is 4.76. The van der Waals surface area contributed by atoms with Crippen LogP contribution in [0.3, 0.4) is 0 Å². The number of anilines is 2. The minimum atomic E-state index is -0.0857. The number of hydrogen-bond donors (Lipinski definition) is 1. The van der Waals surface area contributed by atoms with Crippen LogP contribution in [0.5, 0.6) is 0 Å². The lowest BCUT2D eigenvalue weighted by atomic mass is 10.1. The van der Waals surface area contributed by atoms with Gasteiger partial charge in [-0.1, -0.05) is 35.5 Å². The second-order valence-electron chi connectivity index (χ2n) is 6.00. The van der Waals surface area contributed by atoms with Crippen LogP contribution in [-0.2, 0) is 11.9 Å². The highest BCUT2D eigenvalue weighted by Crippen LogP contribution is 2.20. The molecule has 26 heavy (non-hydrogen) atoms. The van der Waals surface area contributed by atoms with Crippen LogP contribution in [-0.4, -0.2) is 22.2 Å².